The molecule has 0 fully saturated rings. The number of phenolic OH excluding ortho intramolecular Hbond substituents is 1. The maximum Gasteiger partial charge on any atom is 0.175 e. The number of nitrogens with one attached hydrogen (secondary N) is 2. The van der Waals surface area contributed by atoms with Gasteiger partial charge in [-0.15, -0.1) is 0 Å². The number of phenols is 1. The Kier molecular flexibility index (Phi) is 4.24. The molecule has 5 heteroatoms. The van der Waals surface area contributed by atoms with Crippen LogP contribution in [0.5, 0.6) is 5.75 Å². The molecule has 19 heavy (non-hydrogen) atoms. The molecule has 0 unspecified atom stereocenters. The van der Waals surface area contributed by atoms with E-state index in [1.165, 1.54) is 0 Å². The first-order valence-electron chi connectivity index (χ1n) is 5.68. The van der Waals surface area contributed by atoms with E-state index in [9.17, 15) is 5.11 Å². The number of thiocarbonyl (C=S) groups is 1. The lowest BCUT2D eigenvalue weighted by atomic mass is 10.2. The van der Waals surface area contributed by atoms with E-state index in [1.54, 1.807) is 24.3 Å². The van der Waals surface area contributed by atoms with E-state index in [0.717, 1.165) is 16.9 Å². The Morgan fingerprint density at radius 1 is 1.05 bits per heavy atom. The highest BCUT2D eigenvalue weighted by Gasteiger charge is 2.01. The van der Waals surface area contributed by atoms with Crippen LogP contribution in [-0.4, -0.2) is 10.2 Å². The Hall–Kier alpha value is -1.78. The van der Waals surface area contributed by atoms with Gasteiger partial charge in [-0.25, -0.2) is 0 Å². The second-order valence-electron chi connectivity index (χ2n) is 4.09. The first-order valence-corrected chi connectivity index (χ1v) is 6.46. The van der Waals surface area contributed by atoms with E-state index in [0.29, 0.717) is 10.1 Å². The predicted molar refractivity (Wildman–Crippen MR) is 84.1 cm³/mol. The van der Waals surface area contributed by atoms with Crippen LogP contribution in [0.3, 0.4) is 0 Å². The predicted octanol–water partition coefficient (Wildman–Crippen LogP) is 4.16. The van der Waals surface area contributed by atoms with E-state index in [1.807, 2.05) is 25.1 Å². The van der Waals surface area contributed by atoms with Crippen molar-refractivity contribution in [1.29, 1.82) is 0 Å². The molecule has 3 nitrogen and oxygen atoms in total. The summed E-state index contributed by atoms with van der Waals surface area (Å²) in [4.78, 5) is 0. The van der Waals surface area contributed by atoms with Crippen molar-refractivity contribution < 1.29 is 5.11 Å². The standard InChI is InChI=1S/C14H13ClN2OS/c1-9-2-3-11(8-13(9)15)17-14(19)16-10-4-6-12(18)7-5-10/h2-8,18H,1H3,(H2,16,17,19). The first kappa shape index (κ1) is 13.6. The van der Waals surface area contributed by atoms with Crippen LogP contribution < -0.4 is 10.6 Å². The summed E-state index contributed by atoms with van der Waals surface area (Å²) in [5, 5.41) is 16.4. The van der Waals surface area contributed by atoms with Crippen LogP contribution in [0.2, 0.25) is 5.02 Å². The van der Waals surface area contributed by atoms with E-state index in [4.69, 9.17) is 23.8 Å². The SMILES string of the molecule is Cc1ccc(NC(=S)Nc2ccc(O)cc2)cc1Cl. The third kappa shape index (κ3) is 3.84. The molecule has 0 spiro atoms. The Labute approximate surface area is 122 Å². The molecular weight excluding hydrogens is 280 g/mol. The monoisotopic (exact) mass is 292 g/mol. The van der Waals surface area contributed by atoms with Gasteiger partial charge in [0.1, 0.15) is 5.75 Å². The van der Waals surface area contributed by atoms with Crippen LogP contribution in [0.1, 0.15) is 5.56 Å². The molecule has 2 aromatic carbocycles. The fourth-order valence-electron chi connectivity index (χ4n) is 1.51. The smallest absolute Gasteiger partial charge is 0.175 e. The molecule has 0 aliphatic rings. The first-order chi connectivity index (χ1) is 9.04. The van der Waals surface area contributed by atoms with Crippen molar-refractivity contribution in [2.24, 2.45) is 0 Å². The molecule has 0 radical (unpaired) electrons. The quantitative estimate of drug-likeness (QED) is 0.574. The largest absolute Gasteiger partial charge is 0.508 e. The second kappa shape index (κ2) is 5.91. The van der Waals surface area contributed by atoms with Crippen molar-refractivity contribution >= 4 is 40.3 Å². The summed E-state index contributed by atoms with van der Waals surface area (Å²) in [6, 6.07) is 12.3. The van der Waals surface area contributed by atoms with E-state index < -0.39 is 0 Å². The highest BCUT2D eigenvalue weighted by Crippen LogP contribution is 2.20. The van der Waals surface area contributed by atoms with Crippen LogP contribution in [0.25, 0.3) is 0 Å². The summed E-state index contributed by atoms with van der Waals surface area (Å²) in [7, 11) is 0. The molecule has 98 valence electrons. The normalized spacial score (nSPS) is 10.0. The topological polar surface area (TPSA) is 44.3 Å². The number of hydrogen-bond donors (Lipinski definition) is 3. The zero-order valence-electron chi connectivity index (χ0n) is 10.3. The summed E-state index contributed by atoms with van der Waals surface area (Å²) >= 11 is 11.2. The van der Waals surface area contributed by atoms with Crippen LogP contribution in [-0.2, 0) is 0 Å². The molecule has 0 aliphatic heterocycles. The van der Waals surface area contributed by atoms with Gasteiger partial charge in [-0.05, 0) is 61.1 Å². The fourth-order valence-corrected chi connectivity index (χ4v) is 1.93. The maximum atomic E-state index is 9.19. The van der Waals surface area contributed by atoms with Crippen molar-refractivity contribution in [3.05, 3.63) is 53.1 Å². The van der Waals surface area contributed by atoms with Crippen molar-refractivity contribution in [3.63, 3.8) is 0 Å². The van der Waals surface area contributed by atoms with E-state index in [2.05, 4.69) is 10.6 Å². The van der Waals surface area contributed by atoms with Crippen LogP contribution >= 0.6 is 23.8 Å². The van der Waals surface area contributed by atoms with Crippen molar-refractivity contribution in [2.75, 3.05) is 10.6 Å². The van der Waals surface area contributed by atoms with Crippen molar-refractivity contribution in [2.45, 2.75) is 6.92 Å². The summed E-state index contributed by atoms with van der Waals surface area (Å²) in [6.45, 7) is 1.94. The number of anilines is 2. The minimum atomic E-state index is 0.217. The molecule has 3 N–H and O–H groups in total. The van der Waals surface area contributed by atoms with Crippen LogP contribution in [0.15, 0.2) is 42.5 Å². The van der Waals surface area contributed by atoms with Crippen LogP contribution in [0, 0.1) is 6.92 Å². The highest BCUT2D eigenvalue weighted by atomic mass is 35.5. The van der Waals surface area contributed by atoms with Gasteiger partial charge in [0, 0.05) is 16.4 Å². The Morgan fingerprint density at radius 3 is 2.26 bits per heavy atom. The molecule has 0 aliphatic carbocycles. The van der Waals surface area contributed by atoms with Gasteiger partial charge in [0.25, 0.3) is 0 Å². The number of aromatic hydroxyl groups is 1. The van der Waals surface area contributed by atoms with E-state index >= 15 is 0 Å². The van der Waals surface area contributed by atoms with Gasteiger partial charge in [-0.1, -0.05) is 17.7 Å². The van der Waals surface area contributed by atoms with Gasteiger partial charge in [-0.2, -0.15) is 0 Å². The minimum absolute atomic E-state index is 0.217. The van der Waals surface area contributed by atoms with Gasteiger partial charge in [0.05, 0.1) is 0 Å². The molecule has 2 aromatic rings. The Bertz CT molecular complexity index is 599. The third-order valence-corrected chi connectivity index (χ3v) is 3.17. The molecule has 0 aromatic heterocycles. The molecule has 0 saturated heterocycles. The Morgan fingerprint density at radius 2 is 1.63 bits per heavy atom. The van der Waals surface area contributed by atoms with Crippen molar-refractivity contribution in [3.8, 4) is 5.75 Å². The summed E-state index contributed by atoms with van der Waals surface area (Å²) in [5.74, 6) is 0.217. The number of benzene rings is 2. The summed E-state index contributed by atoms with van der Waals surface area (Å²) in [5.41, 5.74) is 2.64. The third-order valence-electron chi connectivity index (χ3n) is 2.55. The molecule has 0 bridgehead atoms. The molecule has 2 rings (SSSR count). The van der Waals surface area contributed by atoms with Crippen molar-refractivity contribution in [1.82, 2.24) is 0 Å². The number of halogens is 1. The van der Waals surface area contributed by atoms with E-state index in [-0.39, 0.29) is 5.75 Å². The van der Waals surface area contributed by atoms with Gasteiger partial charge in [0.15, 0.2) is 5.11 Å². The van der Waals surface area contributed by atoms with Gasteiger partial charge < -0.3 is 15.7 Å². The number of aryl methyl sites for hydroxylation is 1. The fraction of sp³-hybridized carbons (Fsp3) is 0.0714. The maximum absolute atomic E-state index is 9.19. The summed E-state index contributed by atoms with van der Waals surface area (Å²) < 4.78 is 0. The Balaban J connectivity index is 2.01. The lowest BCUT2D eigenvalue weighted by Crippen LogP contribution is -2.18. The summed E-state index contributed by atoms with van der Waals surface area (Å²) in [6.07, 6.45) is 0. The molecule has 0 atom stereocenters. The van der Waals surface area contributed by atoms with Crippen LogP contribution in [0.4, 0.5) is 11.4 Å². The lowest BCUT2D eigenvalue weighted by Gasteiger charge is -2.11. The molecular formula is C14H13ClN2OS. The lowest BCUT2D eigenvalue weighted by molar-refractivity contribution is 0.475. The number of hydrogen-bond acceptors (Lipinski definition) is 2. The van der Waals surface area contributed by atoms with Gasteiger partial charge in [-0.3, -0.25) is 0 Å². The zero-order chi connectivity index (χ0) is 13.8. The number of rotatable bonds is 2. The molecule has 0 amide bonds. The molecule has 0 heterocycles. The molecule has 0 saturated carbocycles. The minimum Gasteiger partial charge on any atom is -0.508 e. The highest BCUT2D eigenvalue weighted by molar-refractivity contribution is 7.80. The average Bonchev–Trinajstić information content (AvgIpc) is 2.37. The van der Waals surface area contributed by atoms with Gasteiger partial charge in [0.2, 0.25) is 0 Å². The second-order valence-corrected chi connectivity index (χ2v) is 4.91. The average molecular weight is 293 g/mol. The zero-order valence-corrected chi connectivity index (χ0v) is 11.8. The van der Waals surface area contributed by atoms with Gasteiger partial charge >= 0.3 is 0 Å².